The third-order valence-corrected chi connectivity index (χ3v) is 5.41. The van der Waals surface area contributed by atoms with Gasteiger partial charge in [0.2, 0.25) is 5.91 Å². The summed E-state index contributed by atoms with van der Waals surface area (Å²) in [6.07, 6.45) is 1.79. The van der Waals surface area contributed by atoms with Gasteiger partial charge in [-0.2, -0.15) is 5.10 Å². The summed E-state index contributed by atoms with van der Waals surface area (Å²) >= 11 is 0. The Bertz CT molecular complexity index is 895. The van der Waals surface area contributed by atoms with Crippen molar-refractivity contribution in [2.24, 2.45) is 0 Å². The highest BCUT2D eigenvalue weighted by Crippen LogP contribution is 2.18. The molecule has 0 spiro atoms. The first-order chi connectivity index (χ1) is 14.4. The molecule has 0 aliphatic carbocycles. The van der Waals surface area contributed by atoms with E-state index in [4.69, 9.17) is 4.74 Å². The first-order valence-electron chi connectivity index (χ1n) is 10.4. The molecule has 1 aromatic heterocycles. The van der Waals surface area contributed by atoms with E-state index in [1.165, 1.54) is 5.56 Å². The Morgan fingerprint density at radius 2 is 2.03 bits per heavy atom. The van der Waals surface area contributed by atoms with Gasteiger partial charge in [0.25, 0.3) is 5.91 Å². The highest BCUT2D eigenvalue weighted by molar-refractivity contribution is 5.93. The summed E-state index contributed by atoms with van der Waals surface area (Å²) in [4.78, 5) is 29.2. The summed E-state index contributed by atoms with van der Waals surface area (Å²) in [5, 5.41) is 7.22. The van der Waals surface area contributed by atoms with E-state index in [0.29, 0.717) is 45.0 Å². The van der Waals surface area contributed by atoms with E-state index in [0.717, 1.165) is 11.3 Å². The van der Waals surface area contributed by atoms with Crippen LogP contribution in [0.15, 0.2) is 30.5 Å². The summed E-state index contributed by atoms with van der Waals surface area (Å²) in [5.41, 5.74) is 2.68. The van der Waals surface area contributed by atoms with Gasteiger partial charge >= 0.3 is 0 Å². The Morgan fingerprint density at radius 1 is 1.23 bits per heavy atom. The average Bonchev–Trinajstić information content (AvgIpc) is 3.21. The van der Waals surface area contributed by atoms with Crippen LogP contribution in [0.4, 0.5) is 0 Å². The standard InChI is InChI=1S/C22H31N5O3/c1-5-27-10-8-18(24-27)22(29)26-12-11-25(4)19(15-26)21(28)23-9-13-30-20-7-6-16(2)14-17(20)3/h6-8,10,14,19H,5,9,11-13,15H2,1-4H3,(H,23,28)/t19-/m0/s1. The maximum atomic E-state index is 12.8. The molecule has 2 heterocycles. The molecule has 0 saturated carbocycles. The predicted molar refractivity (Wildman–Crippen MR) is 115 cm³/mol. The van der Waals surface area contributed by atoms with Gasteiger partial charge < -0.3 is 15.0 Å². The van der Waals surface area contributed by atoms with Crippen LogP contribution in [0.2, 0.25) is 0 Å². The third-order valence-electron chi connectivity index (χ3n) is 5.41. The minimum Gasteiger partial charge on any atom is -0.491 e. The number of piperazine rings is 1. The highest BCUT2D eigenvalue weighted by atomic mass is 16.5. The minimum absolute atomic E-state index is 0.0988. The van der Waals surface area contributed by atoms with Gasteiger partial charge in [0.15, 0.2) is 0 Å². The lowest BCUT2D eigenvalue weighted by Crippen LogP contribution is -2.59. The van der Waals surface area contributed by atoms with Crippen molar-refractivity contribution in [2.75, 3.05) is 39.8 Å². The molecule has 0 bridgehead atoms. The van der Waals surface area contributed by atoms with Crippen LogP contribution < -0.4 is 10.1 Å². The molecule has 1 aliphatic heterocycles. The summed E-state index contributed by atoms with van der Waals surface area (Å²) in [6, 6.07) is 7.36. The minimum atomic E-state index is -0.392. The lowest BCUT2D eigenvalue weighted by Gasteiger charge is -2.38. The zero-order valence-electron chi connectivity index (χ0n) is 18.2. The van der Waals surface area contributed by atoms with E-state index in [1.54, 1.807) is 21.8 Å². The van der Waals surface area contributed by atoms with Crippen molar-refractivity contribution in [1.29, 1.82) is 0 Å². The molecule has 1 saturated heterocycles. The molecule has 2 aromatic rings. The number of aromatic nitrogens is 2. The predicted octanol–water partition coefficient (Wildman–Crippen LogP) is 1.47. The van der Waals surface area contributed by atoms with Crippen molar-refractivity contribution >= 4 is 11.8 Å². The second kappa shape index (κ2) is 9.75. The van der Waals surface area contributed by atoms with Crippen molar-refractivity contribution in [3.63, 3.8) is 0 Å². The molecule has 1 aromatic carbocycles. The number of hydrogen-bond donors (Lipinski definition) is 1. The lowest BCUT2D eigenvalue weighted by atomic mass is 10.1. The number of rotatable bonds is 7. The van der Waals surface area contributed by atoms with Crippen LogP contribution in [0.1, 0.15) is 28.5 Å². The van der Waals surface area contributed by atoms with Gasteiger partial charge in [-0.25, -0.2) is 0 Å². The van der Waals surface area contributed by atoms with Crippen LogP contribution in [0.3, 0.4) is 0 Å². The zero-order valence-corrected chi connectivity index (χ0v) is 18.2. The summed E-state index contributed by atoms with van der Waals surface area (Å²) < 4.78 is 7.51. The van der Waals surface area contributed by atoms with Crippen molar-refractivity contribution in [1.82, 2.24) is 24.9 Å². The van der Waals surface area contributed by atoms with Gasteiger partial charge in [-0.3, -0.25) is 19.2 Å². The molecular formula is C22H31N5O3. The average molecular weight is 414 g/mol. The highest BCUT2D eigenvalue weighted by Gasteiger charge is 2.33. The molecule has 8 heteroatoms. The van der Waals surface area contributed by atoms with E-state index >= 15 is 0 Å². The summed E-state index contributed by atoms with van der Waals surface area (Å²) in [5.74, 6) is 0.595. The van der Waals surface area contributed by atoms with Crippen molar-refractivity contribution in [2.45, 2.75) is 33.4 Å². The van der Waals surface area contributed by atoms with Crippen LogP contribution in [0.5, 0.6) is 5.75 Å². The fraction of sp³-hybridized carbons (Fsp3) is 0.500. The molecule has 0 unspecified atom stereocenters. The zero-order chi connectivity index (χ0) is 21.7. The molecular weight excluding hydrogens is 382 g/mol. The van der Waals surface area contributed by atoms with Crippen molar-refractivity contribution in [3.05, 3.63) is 47.3 Å². The Labute approximate surface area is 177 Å². The number of ether oxygens (including phenoxy) is 1. The van der Waals surface area contributed by atoms with Crippen molar-refractivity contribution in [3.8, 4) is 5.75 Å². The summed E-state index contributed by atoms with van der Waals surface area (Å²) in [6.45, 7) is 9.10. The van der Waals surface area contributed by atoms with E-state index < -0.39 is 6.04 Å². The number of carbonyl (C=O) groups excluding carboxylic acids is 2. The second-order valence-corrected chi connectivity index (χ2v) is 7.71. The molecule has 1 N–H and O–H groups in total. The Balaban J connectivity index is 1.50. The number of carbonyl (C=O) groups is 2. The first-order valence-corrected chi connectivity index (χ1v) is 10.4. The molecule has 1 fully saturated rings. The molecule has 3 rings (SSSR count). The van der Waals surface area contributed by atoms with Gasteiger partial charge in [0.05, 0.1) is 6.54 Å². The molecule has 162 valence electrons. The van der Waals surface area contributed by atoms with E-state index in [2.05, 4.69) is 16.5 Å². The Morgan fingerprint density at radius 3 is 2.73 bits per heavy atom. The Kier molecular flexibility index (Phi) is 7.10. The van der Waals surface area contributed by atoms with Crippen LogP contribution in [0.25, 0.3) is 0 Å². The SMILES string of the molecule is CCn1ccc(C(=O)N2CCN(C)[C@H](C(=O)NCCOc3ccc(C)cc3C)C2)n1. The van der Waals surface area contributed by atoms with Gasteiger partial charge in [-0.05, 0) is 45.5 Å². The number of aryl methyl sites for hydroxylation is 3. The third kappa shape index (κ3) is 5.18. The normalized spacial score (nSPS) is 17.1. The number of hydrogen-bond acceptors (Lipinski definition) is 5. The molecule has 0 radical (unpaired) electrons. The van der Waals surface area contributed by atoms with Gasteiger partial charge in [-0.15, -0.1) is 0 Å². The van der Waals surface area contributed by atoms with E-state index in [1.807, 2.05) is 44.9 Å². The van der Waals surface area contributed by atoms with E-state index in [-0.39, 0.29) is 11.8 Å². The number of amides is 2. The maximum Gasteiger partial charge on any atom is 0.274 e. The van der Waals surface area contributed by atoms with Crippen LogP contribution >= 0.6 is 0 Å². The second-order valence-electron chi connectivity index (χ2n) is 7.71. The number of benzene rings is 1. The Hall–Kier alpha value is -2.87. The van der Waals surface area contributed by atoms with Crippen LogP contribution in [0, 0.1) is 13.8 Å². The monoisotopic (exact) mass is 413 g/mol. The van der Waals surface area contributed by atoms with E-state index in [9.17, 15) is 9.59 Å². The van der Waals surface area contributed by atoms with Crippen molar-refractivity contribution < 1.29 is 14.3 Å². The smallest absolute Gasteiger partial charge is 0.274 e. The fourth-order valence-corrected chi connectivity index (χ4v) is 3.57. The summed E-state index contributed by atoms with van der Waals surface area (Å²) in [7, 11) is 1.91. The maximum absolute atomic E-state index is 12.8. The number of nitrogens with one attached hydrogen (secondary N) is 1. The molecule has 1 aliphatic rings. The number of nitrogens with zero attached hydrogens (tertiary/aromatic N) is 4. The molecule has 8 nitrogen and oxygen atoms in total. The van der Waals surface area contributed by atoms with Crippen LogP contribution in [-0.4, -0.2) is 77.3 Å². The molecule has 1 atom stereocenters. The first kappa shape index (κ1) is 21.8. The fourth-order valence-electron chi connectivity index (χ4n) is 3.57. The molecule has 2 amide bonds. The van der Waals surface area contributed by atoms with Gasteiger partial charge in [0, 0.05) is 32.4 Å². The topological polar surface area (TPSA) is 79.7 Å². The number of likely N-dealkylation sites (N-methyl/N-ethyl adjacent to an activating group) is 1. The van der Waals surface area contributed by atoms with Gasteiger partial charge in [0.1, 0.15) is 24.1 Å². The van der Waals surface area contributed by atoms with Crippen LogP contribution in [-0.2, 0) is 11.3 Å². The van der Waals surface area contributed by atoms with Gasteiger partial charge in [-0.1, -0.05) is 17.7 Å². The quantitative estimate of drug-likeness (QED) is 0.696. The largest absolute Gasteiger partial charge is 0.491 e. The molecule has 30 heavy (non-hydrogen) atoms. The lowest BCUT2D eigenvalue weighted by molar-refractivity contribution is -0.127.